The molecule has 2 N–H and O–H groups in total. The highest BCUT2D eigenvalue weighted by Crippen LogP contribution is 2.42. The maximum absolute atomic E-state index is 13.7. The number of hydrogen-bond acceptors (Lipinski definition) is 5. The van der Waals surface area contributed by atoms with Gasteiger partial charge in [0.15, 0.2) is 0 Å². The fourth-order valence-electron chi connectivity index (χ4n) is 4.51. The molecule has 190 valence electrons. The molecule has 0 radical (unpaired) electrons. The Hall–Kier alpha value is -3.82. The van der Waals surface area contributed by atoms with E-state index in [9.17, 15) is 14.4 Å². The zero-order chi connectivity index (χ0) is 26.2. The monoisotopic (exact) mass is 586 g/mol. The lowest BCUT2D eigenvalue weighted by atomic mass is 10.1. The van der Waals surface area contributed by atoms with Crippen molar-refractivity contribution in [2.45, 2.75) is 25.3 Å². The Morgan fingerprint density at radius 1 is 0.974 bits per heavy atom. The summed E-state index contributed by atoms with van der Waals surface area (Å²) in [6.07, 6.45) is 4.35. The molecule has 1 aliphatic carbocycles. The summed E-state index contributed by atoms with van der Waals surface area (Å²) in [5.74, 6) is -0.423. The molecule has 0 atom stereocenters. The third-order valence-electron chi connectivity index (χ3n) is 6.63. The number of pyridine rings is 1. The van der Waals surface area contributed by atoms with E-state index in [2.05, 4.69) is 31.5 Å². The van der Waals surface area contributed by atoms with Gasteiger partial charge in [-0.05, 0) is 89.3 Å². The van der Waals surface area contributed by atoms with Crippen molar-refractivity contribution in [2.75, 3.05) is 16.8 Å². The van der Waals surface area contributed by atoms with E-state index in [1.54, 1.807) is 47.5 Å². The van der Waals surface area contributed by atoms with Crippen LogP contribution in [0.15, 0.2) is 77.5 Å². The number of nitrogens with zero attached hydrogens (tertiary/aromatic N) is 2. The van der Waals surface area contributed by atoms with Crippen molar-refractivity contribution in [3.05, 3.63) is 99.1 Å². The molecule has 1 fully saturated rings. The number of carbonyl (C=O) groups is 3. The summed E-state index contributed by atoms with van der Waals surface area (Å²) in [5, 5.41) is 5.91. The van der Waals surface area contributed by atoms with Crippen LogP contribution in [0.3, 0.4) is 0 Å². The first-order valence-corrected chi connectivity index (χ1v) is 14.0. The number of amides is 3. The van der Waals surface area contributed by atoms with Crippen LogP contribution in [-0.4, -0.2) is 35.3 Å². The maximum Gasteiger partial charge on any atom is 0.261 e. The number of fused-ring (bicyclic) bond motifs is 3. The minimum Gasteiger partial charge on any atom is -0.349 e. The van der Waals surface area contributed by atoms with Gasteiger partial charge < -0.3 is 15.5 Å². The van der Waals surface area contributed by atoms with Crippen LogP contribution in [0.25, 0.3) is 10.4 Å². The van der Waals surface area contributed by atoms with Crippen LogP contribution >= 0.6 is 27.3 Å². The molecule has 2 aromatic heterocycles. The SMILES string of the molecule is O=C(NC1CC1)c1cc2c(s1)-c1ccccc1N(C(=O)c1ccc(NC(=O)c3cccnc3Br)cc1)CC2. The Bertz CT molecular complexity index is 1560. The molecule has 4 aromatic rings. The number of hydrogen-bond donors (Lipinski definition) is 2. The van der Waals surface area contributed by atoms with Gasteiger partial charge in [0.05, 0.1) is 16.1 Å². The topological polar surface area (TPSA) is 91.4 Å². The maximum atomic E-state index is 13.7. The zero-order valence-corrected chi connectivity index (χ0v) is 22.6. The molecular formula is C29H23BrN4O3S. The number of anilines is 2. The van der Waals surface area contributed by atoms with E-state index in [4.69, 9.17) is 0 Å². The molecule has 6 rings (SSSR count). The van der Waals surface area contributed by atoms with Crippen LogP contribution in [0.4, 0.5) is 11.4 Å². The van der Waals surface area contributed by atoms with E-state index >= 15 is 0 Å². The summed E-state index contributed by atoms with van der Waals surface area (Å²) < 4.78 is 0.466. The Balaban J connectivity index is 1.23. The van der Waals surface area contributed by atoms with Gasteiger partial charge in [-0.2, -0.15) is 0 Å². The summed E-state index contributed by atoms with van der Waals surface area (Å²) in [5.41, 5.74) is 4.39. The highest BCUT2D eigenvalue weighted by Gasteiger charge is 2.29. The van der Waals surface area contributed by atoms with Gasteiger partial charge >= 0.3 is 0 Å². The number of thiophene rings is 1. The molecule has 0 bridgehead atoms. The molecule has 1 aliphatic heterocycles. The van der Waals surface area contributed by atoms with Crippen molar-refractivity contribution < 1.29 is 14.4 Å². The van der Waals surface area contributed by atoms with Crippen molar-refractivity contribution in [2.24, 2.45) is 0 Å². The Morgan fingerprint density at radius 3 is 2.53 bits per heavy atom. The molecule has 0 saturated heterocycles. The second-order valence-electron chi connectivity index (χ2n) is 9.31. The molecule has 3 amide bonds. The van der Waals surface area contributed by atoms with Crippen LogP contribution in [0.5, 0.6) is 0 Å². The molecule has 0 spiro atoms. The van der Waals surface area contributed by atoms with E-state index in [1.165, 1.54) is 11.3 Å². The van der Waals surface area contributed by atoms with E-state index < -0.39 is 0 Å². The van der Waals surface area contributed by atoms with Gasteiger partial charge in [0.25, 0.3) is 17.7 Å². The molecule has 0 unspecified atom stereocenters. The van der Waals surface area contributed by atoms with Crippen LogP contribution < -0.4 is 15.5 Å². The standard InChI is InChI=1S/C29H23BrN4O3S/c30-26-22(5-3-14-31-26)27(35)32-19-9-7-17(8-10-19)29(37)34-15-13-18-16-24(28(36)33-20-11-12-20)38-25(18)21-4-1-2-6-23(21)34/h1-10,14,16,20H,11-13,15H2,(H,32,35)(H,33,36). The lowest BCUT2D eigenvalue weighted by Crippen LogP contribution is -2.32. The second kappa shape index (κ2) is 10.2. The molecule has 38 heavy (non-hydrogen) atoms. The fraction of sp³-hybridized carbons (Fsp3) is 0.172. The van der Waals surface area contributed by atoms with E-state index in [1.807, 2.05) is 30.3 Å². The first kappa shape index (κ1) is 24.5. The Labute approximate surface area is 232 Å². The first-order chi connectivity index (χ1) is 18.5. The number of carbonyl (C=O) groups excluding carboxylic acids is 3. The number of aromatic nitrogens is 1. The van der Waals surface area contributed by atoms with Gasteiger partial charge in [-0.25, -0.2) is 4.98 Å². The average Bonchev–Trinajstić information content (AvgIpc) is 3.67. The smallest absolute Gasteiger partial charge is 0.261 e. The fourth-order valence-corrected chi connectivity index (χ4v) is 6.09. The van der Waals surface area contributed by atoms with Gasteiger partial charge in [-0.15, -0.1) is 11.3 Å². The van der Waals surface area contributed by atoms with E-state index in [-0.39, 0.29) is 17.7 Å². The lowest BCUT2D eigenvalue weighted by molar-refractivity contribution is 0.0952. The number of benzene rings is 2. The second-order valence-corrected chi connectivity index (χ2v) is 11.1. The summed E-state index contributed by atoms with van der Waals surface area (Å²) in [6, 6.07) is 20.4. The van der Waals surface area contributed by atoms with Crippen molar-refractivity contribution in [1.29, 1.82) is 0 Å². The number of halogens is 1. The summed E-state index contributed by atoms with van der Waals surface area (Å²) in [6.45, 7) is 0.497. The van der Waals surface area contributed by atoms with Crippen LogP contribution in [0.2, 0.25) is 0 Å². The molecule has 2 aliphatic rings. The predicted octanol–water partition coefficient (Wildman–Crippen LogP) is 5.92. The predicted molar refractivity (Wildman–Crippen MR) is 152 cm³/mol. The third-order valence-corrected chi connectivity index (χ3v) is 8.47. The molecule has 3 heterocycles. The summed E-state index contributed by atoms with van der Waals surface area (Å²) >= 11 is 4.78. The van der Waals surface area contributed by atoms with Gasteiger partial charge in [0.1, 0.15) is 4.60 Å². The van der Waals surface area contributed by atoms with Gasteiger partial charge in [-0.1, -0.05) is 18.2 Å². The van der Waals surface area contributed by atoms with Crippen molar-refractivity contribution >= 4 is 56.4 Å². The highest BCUT2D eigenvalue weighted by molar-refractivity contribution is 9.10. The third kappa shape index (κ3) is 4.87. The quantitative estimate of drug-likeness (QED) is 0.284. The Morgan fingerprint density at radius 2 is 1.76 bits per heavy atom. The number of nitrogens with one attached hydrogen (secondary N) is 2. The number of para-hydroxylation sites is 1. The van der Waals surface area contributed by atoms with Crippen LogP contribution in [-0.2, 0) is 6.42 Å². The molecule has 1 saturated carbocycles. The van der Waals surface area contributed by atoms with Crippen LogP contribution in [0.1, 0.15) is 48.8 Å². The zero-order valence-electron chi connectivity index (χ0n) is 20.2. The molecule has 9 heteroatoms. The largest absolute Gasteiger partial charge is 0.349 e. The summed E-state index contributed by atoms with van der Waals surface area (Å²) in [4.78, 5) is 46.6. The Kier molecular flexibility index (Phi) is 6.55. The van der Waals surface area contributed by atoms with E-state index in [0.717, 1.165) is 34.5 Å². The molecular weight excluding hydrogens is 564 g/mol. The van der Waals surface area contributed by atoms with Crippen LogP contribution in [0, 0.1) is 0 Å². The molecule has 2 aromatic carbocycles. The van der Waals surface area contributed by atoms with Gasteiger partial charge in [0.2, 0.25) is 0 Å². The van der Waals surface area contributed by atoms with Gasteiger partial charge in [0, 0.05) is 40.5 Å². The van der Waals surface area contributed by atoms with Crippen molar-refractivity contribution in [3.8, 4) is 10.4 Å². The van der Waals surface area contributed by atoms with Gasteiger partial charge in [-0.3, -0.25) is 14.4 Å². The normalized spacial score (nSPS) is 14.2. The van der Waals surface area contributed by atoms with E-state index in [0.29, 0.717) is 45.3 Å². The lowest BCUT2D eigenvalue weighted by Gasteiger charge is -2.23. The average molecular weight is 587 g/mol. The van der Waals surface area contributed by atoms with Crippen molar-refractivity contribution in [1.82, 2.24) is 10.3 Å². The minimum absolute atomic E-state index is 0.0148. The summed E-state index contributed by atoms with van der Waals surface area (Å²) in [7, 11) is 0. The highest BCUT2D eigenvalue weighted by atomic mass is 79.9. The first-order valence-electron chi connectivity index (χ1n) is 12.3. The van der Waals surface area contributed by atoms with Crippen molar-refractivity contribution in [3.63, 3.8) is 0 Å². The molecule has 7 nitrogen and oxygen atoms in total. The minimum atomic E-state index is -0.290. The number of rotatable bonds is 5.